The van der Waals surface area contributed by atoms with E-state index >= 15 is 0 Å². The quantitative estimate of drug-likeness (QED) is 0.317. The summed E-state index contributed by atoms with van der Waals surface area (Å²) < 4.78 is 5.44. The third-order valence-electron chi connectivity index (χ3n) is 4.73. The van der Waals surface area contributed by atoms with Gasteiger partial charge in [0.25, 0.3) is 5.91 Å². The Morgan fingerprint density at radius 2 is 1.77 bits per heavy atom. The highest BCUT2D eigenvalue weighted by atomic mass is 35.5. The topological polar surface area (TPSA) is 71.3 Å². The van der Waals surface area contributed by atoms with Crippen molar-refractivity contribution >= 4 is 51.5 Å². The van der Waals surface area contributed by atoms with Crippen molar-refractivity contribution in [2.75, 3.05) is 5.32 Å². The first kappa shape index (κ1) is 20.8. The van der Waals surface area contributed by atoms with Crippen molar-refractivity contribution in [2.45, 2.75) is 6.92 Å². The van der Waals surface area contributed by atoms with Crippen LogP contribution in [0.3, 0.4) is 0 Å². The van der Waals surface area contributed by atoms with Gasteiger partial charge in [-0.2, -0.15) is 0 Å². The maximum atomic E-state index is 12.5. The van der Waals surface area contributed by atoms with Crippen LogP contribution in [0.1, 0.15) is 15.9 Å². The molecule has 0 aliphatic heterocycles. The fraction of sp³-hybridized carbons (Fsp3) is 0.0417. The maximum absolute atomic E-state index is 12.5. The van der Waals surface area contributed by atoms with Crippen LogP contribution in [0.4, 0.5) is 5.69 Å². The molecule has 3 aromatic carbocycles. The van der Waals surface area contributed by atoms with E-state index in [4.69, 9.17) is 28.2 Å². The van der Waals surface area contributed by atoms with Gasteiger partial charge in [-0.25, -0.2) is 4.79 Å². The molecule has 1 amide bonds. The number of amides is 1. The van der Waals surface area contributed by atoms with Gasteiger partial charge in [0.15, 0.2) is 5.11 Å². The van der Waals surface area contributed by atoms with Gasteiger partial charge in [0.2, 0.25) is 0 Å². The Labute approximate surface area is 188 Å². The van der Waals surface area contributed by atoms with E-state index in [-0.39, 0.29) is 11.0 Å². The van der Waals surface area contributed by atoms with E-state index < -0.39 is 5.63 Å². The van der Waals surface area contributed by atoms with Crippen LogP contribution in [0.5, 0.6) is 0 Å². The van der Waals surface area contributed by atoms with E-state index in [2.05, 4.69) is 10.6 Å². The highest BCUT2D eigenvalue weighted by Gasteiger charge is 2.12. The second-order valence-corrected chi connectivity index (χ2v) is 7.78. The summed E-state index contributed by atoms with van der Waals surface area (Å²) in [7, 11) is 0. The zero-order chi connectivity index (χ0) is 22.0. The molecule has 2 N–H and O–H groups in total. The molecule has 0 radical (unpaired) electrons. The molecule has 0 bridgehead atoms. The van der Waals surface area contributed by atoms with Crippen LogP contribution in [-0.2, 0) is 0 Å². The van der Waals surface area contributed by atoms with Gasteiger partial charge < -0.3 is 9.73 Å². The number of benzene rings is 3. The first-order chi connectivity index (χ1) is 14.9. The molecule has 0 unspecified atom stereocenters. The van der Waals surface area contributed by atoms with Crippen molar-refractivity contribution in [1.82, 2.24) is 5.32 Å². The van der Waals surface area contributed by atoms with Crippen molar-refractivity contribution in [2.24, 2.45) is 0 Å². The predicted molar refractivity (Wildman–Crippen MR) is 128 cm³/mol. The zero-order valence-corrected chi connectivity index (χ0v) is 18.0. The molecule has 154 valence electrons. The summed E-state index contributed by atoms with van der Waals surface area (Å²) in [5, 5.41) is 7.08. The Balaban J connectivity index is 1.53. The zero-order valence-electron chi connectivity index (χ0n) is 16.4. The molecule has 31 heavy (non-hydrogen) atoms. The number of rotatable bonds is 3. The molecule has 0 aliphatic carbocycles. The lowest BCUT2D eigenvalue weighted by Gasteiger charge is -2.12. The van der Waals surface area contributed by atoms with Crippen LogP contribution in [0.15, 0.2) is 82.0 Å². The highest BCUT2D eigenvalue weighted by molar-refractivity contribution is 7.80. The summed E-state index contributed by atoms with van der Waals surface area (Å²) >= 11 is 11.2. The molecule has 0 saturated heterocycles. The van der Waals surface area contributed by atoms with Crippen LogP contribution in [0.2, 0.25) is 5.02 Å². The highest BCUT2D eigenvalue weighted by Crippen LogP contribution is 2.26. The smallest absolute Gasteiger partial charge is 0.344 e. The van der Waals surface area contributed by atoms with Gasteiger partial charge in [-0.3, -0.25) is 10.1 Å². The number of hydrogen-bond donors (Lipinski definition) is 2. The lowest BCUT2D eigenvalue weighted by molar-refractivity contribution is 0.0977. The number of carbonyl (C=O) groups excluding carboxylic acids is 1. The molecule has 0 atom stereocenters. The molecule has 0 spiro atoms. The first-order valence-corrected chi connectivity index (χ1v) is 10.2. The number of carbonyl (C=O) groups is 1. The molecule has 0 saturated carbocycles. The van der Waals surface area contributed by atoms with Crippen LogP contribution >= 0.6 is 23.8 Å². The van der Waals surface area contributed by atoms with E-state index in [1.807, 2.05) is 43.3 Å². The number of thiocarbonyl (C=S) groups is 1. The molecule has 0 aliphatic rings. The molecule has 7 heteroatoms. The van der Waals surface area contributed by atoms with E-state index in [9.17, 15) is 9.59 Å². The Morgan fingerprint density at radius 3 is 2.55 bits per heavy atom. The fourth-order valence-corrected chi connectivity index (χ4v) is 3.66. The first-order valence-electron chi connectivity index (χ1n) is 9.42. The van der Waals surface area contributed by atoms with Gasteiger partial charge in [-0.05, 0) is 72.7 Å². The summed E-state index contributed by atoms with van der Waals surface area (Å²) in [6, 6.07) is 21.3. The average Bonchev–Trinajstić information content (AvgIpc) is 2.73. The van der Waals surface area contributed by atoms with Crippen molar-refractivity contribution in [1.29, 1.82) is 0 Å². The van der Waals surface area contributed by atoms with Crippen LogP contribution < -0.4 is 16.3 Å². The molecular weight excluding hydrogens is 432 g/mol. The monoisotopic (exact) mass is 448 g/mol. The molecule has 1 aromatic heterocycles. The summed E-state index contributed by atoms with van der Waals surface area (Å²) in [5.41, 5.74) is 3.35. The average molecular weight is 449 g/mol. The molecule has 4 rings (SSSR count). The standard InChI is InChI=1S/C24H17ClN2O3S/c1-14-11-18(26-24(31)27-22(28)16-6-4-7-17(25)12-16)9-10-19(14)20-13-15-5-2-3-8-21(15)30-23(20)29/h2-13H,1H3,(H2,26,27,28,31). The van der Waals surface area contributed by atoms with Gasteiger partial charge in [-0.15, -0.1) is 0 Å². The van der Waals surface area contributed by atoms with Gasteiger partial charge in [0.1, 0.15) is 5.58 Å². The number of anilines is 1. The van der Waals surface area contributed by atoms with E-state index in [1.165, 1.54) is 0 Å². The number of hydrogen-bond acceptors (Lipinski definition) is 4. The van der Waals surface area contributed by atoms with Crippen LogP contribution in [-0.4, -0.2) is 11.0 Å². The largest absolute Gasteiger partial charge is 0.422 e. The third kappa shape index (κ3) is 4.66. The number of para-hydroxylation sites is 1. The predicted octanol–water partition coefficient (Wildman–Crippen LogP) is 5.55. The van der Waals surface area contributed by atoms with E-state index in [1.54, 1.807) is 36.4 Å². The second-order valence-electron chi connectivity index (χ2n) is 6.93. The minimum absolute atomic E-state index is 0.155. The number of nitrogens with one attached hydrogen (secondary N) is 2. The Morgan fingerprint density at radius 1 is 0.968 bits per heavy atom. The number of aryl methyl sites for hydroxylation is 1. The number of fused-ring (bicyclic) bond motifs is 1. The van der Waals surface area contributed by atoms with Crippen molar-refractivity contribution in [3.8, 4) is 11.1 Å². The molecule has 4 aromatic rings. The second kappa shape index (κ2) is 8.71. The van der Waals surface area contributed by atoms with Gasteiger partial charge >= 0.3 is 5.63 Å². The summed E-state index contributed by atoms with van der Waals surface area (Å²) in [6.45, 7) is 1.89. The minimum Gasteiger partial charge on any atom is -0.422 e. The normalized spacial score (nSPS) is 10.6. The van der Waals surface area contributed by atoms with Crippen LogP contribution in [0, 0.1) is 6.92 Å². The van der Waals surface area contributed by atoms with E-state index in [0.717, 1.165) is 16.5 Å². The summed E-state index contributed by atoms with van der Waals surface area (Å²) in [5.74, 6) is -0.359. The van der Waals surface area contributed by atoms with Gasteiger partial charge in [-0.1, -0.05) is 41.9 Å². The Hall–Kier alpha value is -3.48. The Kier molecular flexibility index (Phi) is 5.84. The molecule has 0 fully saturated rings. The van der Waals surface area contributed by atoms with Crippen molar-refractivity contribution in [3.63, 3.8) is 0 Å². The van der Waals surface area contributed by atoms with Crippen molar-refractivity contribution in [3.05, 3.63) is 99.4 Å². The summed E-state index contributed by atoms with van der Waals surface area (Å²) in [4.78, 5) is 24.8. The van der Waals surface area contributed by atoms with Crippen molar-refractivity contribution < 1.29 is 9.21 Å². The minimum atomic E-state index is -0.396. The van der Waals surface area contributed by atoms with E-state index in [0.29, 0.717) is 27.4 Å². The summed E-state index contributed by atoms with van der Waals surface area (Å²) in [6.07, 6.45) is 0. The molecular formula is C24H17ClN2O3S. The van der Waals surface area contributed by atoms with Crippen LogP contribution in [0.25, 0.3) is 22.1 Å². The lowest BCUT2D eigenvalue weighted by atomic mass is 10.0. The fourth-order valence-electron chi connectivity index (χ4n) is 3.26. The van der Waals surface area contributed by atoms with Gasteiger partial charge in [0.05, 0.1) is 5.56 Å². The Bertz CT molecular complexity index is 1380. The van der Waals surface area contributed by atoms with Gasteiger partial charge in [0, 0.05) is 21.7 Å². The SMILES string of the molecule is Cc1cc(NC(=S)NC(=O)c2cccc(Cl)c2)ccc1-c1cc2ccccc2oc1=O. The maximum Gasteiger partial charge on any atom is 0.344 e. The number of halogens is 1. The third-order valence-corrected chi connectivity index (χ3v) is 5.17. The lowest BCUT2D eigenvalue weighted by Crippen LogP contribution is -2.34. The molecule has 1 heterocycles. The molecule has 5 nitrogen and oxygen atoms in total.